The number of benzene rings is 2. The highest BCUT2D eigenvalue weighted by atomic mass is 31.2. The number of primary amides is 1. The molecule has 10 N–H and O–H groups in total. The van der Waals surface area contributed by atoms with Crippen molar-refractivity contribution in [2.75, 3.05) is 10.4 Å². The molecular formula is C35H42N9O12P. The van der Waals surface area contributed by atoms with E-state index in [1.165, 1.54) is 25.7 Å². The Morgan fingerprint density at radius 2 is 1.68 bits per heavy atom. The number of rotatable bonds is 16. The van der Waals surface area contributed by atoms with Gasteiger partial charge in [0.2, 0.25) is 29.5 Å². The van der Waals surface area contributed by atoms with Gasteiger partial charge >= 0.3 is 13.5 Å². The van der Waals surface area contributed by atoms with E-state index >= 15 is 0 Å². The molecule has 304 valence electrons. The van der Waals surface area contributed by atoms with Crippen LogP contribution in [0.15, 0.2) is 66.8 Å². The number of anilines is 2. The fourth-order valence-corrected chi connectivity index (χ4v) is 7.21. The van der Waals surface area contributed by atoms with E-state index in [0.717, 1.165) is 16.6 Å². The van der Waals surface area contributed by atoms with Crippen molar-refractivity contribution in [3.63, 3.8) is 0 Å². The lowest BCUT2D eigenvalue weighted by atomic mass is 10.0. The number of hydrogen-bond donors (Lipinski definition) is 9. The topological polar surface area (TPSA) is 316 Å². The summed E-state index contributed by atoms with van der Waals surface area (Å²) in [6.45, 7) is 2.63. The Kier molecular flexibility index (Phi) is 13.5. The van der Waals surface area contributed by atoms with E-state index in [9.17, 15) is 43.5 Å². The molecule has 0 radical (unpaired) electrons. The number of aliphatic carboxylic acids is 1. The third kappa shape index (κ3) is 11.1. The molecule has 21 nitrogen and oxygen atoms in total. The van der Waals surface area contributed by atoms with Gasteiger partial charge < -0.3 is 56.7 Å². The number of amides is 5. The van der Waals surface area contributed by atoms with Gasteiger partial charge in [0, 0.05) is 35.6 Å². The van der Waals surface area contributed by atoms with Gasteiger partial charge in [0.15, 0.2) is 6.23 Å². The average Bonchev–Trinajstić information content (AvgIpc) is 3.77. The molecule has 8 unspecified atom stereocenters. The summed E-state index contributed by atoms with van der Waals surface area (Å²) >= 11 is 0. The molecule has 2 aliphatic rings. The number of carbonyl (C=O) groups excluding carboxylic acids is 5. The number of carbonyl (C=O) groups is 6. The van der Waals surface area contributed by atoms with Gasteiger partial charge in [0.1, 0.15) is 42.8 Å². The van der Waals surface area contributed by atoms with Crippen molar-refractivity contribution >= 4 is 54.4 Å². The molecule has 2 aromatic carbocycles. The molecule has 3 aromatic rings. The number of aromatic nitrogens is 3. The SMILES string of the molecule is CC(NC(=O)CCC(=O)O)C(=O)NC(C)C(=O)NC(Cc1ccccc1)C(=O)Nc1ccc2c(c1)COP(=O)(/C=C/C1OC(n3cnc(C(N)=O)n3)C(O)C1O)N2. The second-order valence-corrected chi connectivity index (χ2v) is 15.2. The molecule has 1 fully saturated rings. The Morgan fingerprint density at radius 3 is 2.37 bits per heavy atom. The van der Waals surface area contributed by atoms with Crippen molar-refractivity contribution in [3.8, 4) is 0 Å². The summed E-state index contributed by atoms with van der Waals surface area (Å²) in [6.07, 6.45) is -3.56. The van der Waals surface area contributed by atoms with Gasteiger partial charge in [0.05, 0.1) is 13.0 Å². The van der Waals surface area contributed by atoms with E-state index in [-0.39, 0.29) is 25.3 Å². The van der Waals surface area contributed by atoms with Crippen LogP contribution in [0.3, 0.4) is 0 Å². The van der Waals surface area contributed by atoms with Gasteiger partial charge in [-0.25, -0.2) is 9.67 Å². The lowest BCUT2D eigenvalue weighted by Gasteiger charge is -2.26. The van der Waals surface area contributed by atoms with Crippen LogP contribution >= 0.6 is 7.52 Å². The minimum Gasteiger partial charge on any atom is -0.481 e. The fraction of sp³-hybridized carbons (Fsp3) is 0.371. The summed E-state index contributed by atoms with van der Waals surface area (Å²) in [5.74, 6) is -3.81. The van der Waals surface area contributed by atoms with E-state index in [4.69, 9.17) is 20.1 Å². The molecule has 5 amide bonds. The summed E-state index contributed by atoms with van der Waals surface area (Å²) in [5, 5.41) is 46.8. The zero-order valence-electron chi connectivity index (χ0n) is 30.6. The van der Waals surface area contributed by atoms with Crippen molar-refractivity contribution in [3.05, 3.63) is 83.7 Å². The van der Waals surface area contributed by atoms with Crippen LogP contribution in [0.1, 0.15) is 54.7 Å². The molecule has 22 heteroatoms. The average molecular weight is 812 g/mol. The highest BCUT2D eigenvalue weighted by Crippen LogP contribution is 2.53. The molecule has 3 heterocycles. The third-order valence-electron chi connectivity index (χ3n) is 8.80. The first-order valence-electron chi connectivity index (χ1n) is 17.6. The largest absolute Gasteiger partial charge is 0.481 e. The maximum absolute atomic E-state index is 13.6. The van der Waals surface area contributed by atoms with Crippen LogP contribution in [0, 0.1) is 0 Å². The number of carboxylic acids is 1. The van der Waals surface area contributed by atoms with Crippen LogP contribution < -0.4 is 32.1 Å². The standard InChI is InChI=1S/C35H42N9O12P/c1-18(38-26(45)10-11-27(46)47)32(51)39-19(2)33(52)41-24(14-20-6-4-3-5-7-20)34(53)40-22-8-9-23-21(15-22)16-55-57(54,43-23)13-12-25-28(48)29(49)35(56-25)44-17-37-31(42-44)30(36)50/h3-9,12-13,15,17-19,24-25,28-29,35,48-49H,10-11,14,16H2,1-2H3,(H2,36,50)(H,38,45)(H,39,51)(H,40,53)(H,41,52)(H,43,54)(H,46,47)/b13-12+. The van der Waals surface area contributed by atoms with Gasteiger partial charge in [-0.15, -0.1) is 5.10 Å². The number of carboxylic acid groups (broad SMARTS) is 1. The molecule has 0 saturated carbocycles. The number of hydrogen-bond acceptors (Lipinski definition) is 13. The van der Waals surface area contributed by atoms with E-state index in [1.807, 2.05) is 0 Å². The predicted octanol–water partition coefficient (Wildman–Crippen LogP) is -0.114. The molecule has 8 atom stereocenters. The molecule has 0 aliphatic carbocycles. The van der Waals surface area contributed by atoms with Crippen LogP contribution in [0.2, 0.25) is 0 Å². The monoisotopic (exact) mass is 811 g/mol. The van der Waals surface area contributed by atoms with Gasteiger partial charge in [-0.2, -0.15) is 0 Å². The molecule has 0 spiro atoms. The van der Waals surface area contributed by atoms with Gasteiger partial charge in [-0.1, -0.05) is 30.3 Å². The van der Waals surface area contributed by atoms with E-state index < -0.39 is 92.1 Å². The second-order valence-electron chi connectivity index (χ2n) is 13.2. The molecule has 5 rings (SSSR count). The van der Waals surface area contributed by atoms with Crippen LogP contribution in [-0.2, 0) is 50.8 Å². The molecule has 1 aromatic heterocycles. The van der Waals surface area contributed by atoms with Crippen molar-refractivity contribution in [1.29, 1.82) is 0 Å². The molecule has 1 saturated heterocycles. The highest BCUT2D eigenvalue weighted by molar-refractivity contribution is 7.63. The lowest BCUT2D eigenvalue weighted by Crippen LogP contribution is -2.55. The first-order chi connectivity index (χ1) is 27.0. The number of nitrogens with one attached hydrogen (secondary N) is 5. The van der Waals surface area contributed by atoms with Crippen LogP contribution in [0.25, 0.3) is 0 Å². The normalized spacial score (nSPS) is 22.9. The van der Waals surface area contributed by atoms with Gasteiger partial charge in [0.25, 0.3) is 5.91 Å². The number of aliphatic hydroxyl groups is 2. The smallest absolute Gasteiger partial charge is 0.316 e. The Hall–Kier alpha value is -5.99. The van der Waals surface area contributed by atoms with Crippen LogP contribution in [0.4, 0.5) is 11.4 Å². The third-order valence-corrected chi connectivity index (χ3v) is 10.4. The maximum atomic E-state index is 13.6. The van der Waals surface area contributed by atoms with E-state index in [1.54, 1.807) is 48.5 Å². The number of nitrogens with two attached hydrogens (primary N) is 1. The molecule has 2 aliphatic heterocycles. The number of ether oxygens (including phenoxy) is 1. The van der Waals surface area contributed by atoms with Crippen LogP contribution in [-0.4, -0.2) is 102 Å². The zero-order valence-corrected chi connectivity index (χ0v) is 31.5. The highest BCUT2D eigenvalue weighted by Gasteiger charge is 2.44. The number of fused-ring (bicyclic) bond motifs is 1. The van der Waals surface area contributed by atoms with Gasteiger partial charge in [-0.3, -0.25) is 33.3 Å². The summed E-state index contributed by atoms with van der Waals surface area (Å²) < 4.78 is 25.9. The second kappa shape index (κ2) is 18.3. The lowest BCUT2D eigenvalue weighted by molar-refractivity contribution is -0.139. The minimum atomic E-state index is -3.70. The van der Waals surface area contributed by atoms with Gasteiger partial charge in [-0.05, 0) is 43.7 Å². The van der Waals surface area contributed by atoms with Crippen molar-refractivity contribution < 1.29 is 57.9 Å². The summed E-state index contributed by atoms with van der Waals surface area (Å²) in [6, 6.07) is 10.3. The first kappa shape index (κ1) is 42.2. The van der Waals surface area contributed by atoms with Crippen molar-refractivity contribution in [2.45, 2.75) is 82.4 Å². The van der Waals surface area contributed by atoms with E-state index in [0.29, 0.717) is 16.9 Å². The minimum absolute atomic E-state index is 0.0880. The first-order valence-corrected chi connectivity index (χ1v) is 19.3. The number of nitrogens with zero attached hydrogens (tertiary/aromatic N) is 3. The Morgan fingerprint density at radius 1 is 0.982 bits per heavy atom. The Labute approximate surface area is 324 Å². The summed E-state index contributed by atoms with van der Waals surface area (Å²) in [7, 11) is -3.70. The van der Waals surface area contributed by atoms with Crippen molar-refractivity contribution in [2.24, 2.45) is 5.73 Å². The Bertz CT molecular complexity index is 2080. The summed E-state index contributed by atoms with van der Waals surface area (Å²) in [5.41, 5.74) is 7.18. The zero-order chi connectivity index (χ0) is 41.4. The molecule has 0 bridgehead atoms. The Balaban J connectivity index is 1.20. The maximum Gasteiger partial charge on any atom is 0.316 e. The fourth-order valence-electron chi connectivity index (χ4n) is 5.71. The molecular weight excluding hydrogens is 769 g/mol. The summed E-state index contributed by atoms with van der Waals surface area (Å²) in [4.78, 5) is 77.2. The van der Waals surface area contributed by atoms with Crippen LogP contribution in [0.5, 0.6) is 0 Å². The van der Waals surface area contributed by atoms with E-state index in [2.05, 4.69) is 36.4 Å². The number of aliphatic hydroxyl groups excluding tert-OH is 2. The van der Waals surface area contributed by atoms with Crippen molar-refractivity contribution in [1.82, 2.24) is 30.7 Å². The predicted molar refractivity (Wildman–Crippen MR) is 199 cm³/mol. The quantitative estimate of drug-likeness (QED) is 0.0853. The molecule has 57 heavy (non-hydrogen) atoms.